The van der Waals surface area contributed by atoms with Crippen molar-refractivity contribution in [2.45, 2.75) is 13.0 Å². The summed E-state index contributed by atoms with van der Waals surface area (Å²) in [4.78, 5) is 12.9. The first-order valence-corrected chi connectivity index (χ1v) is 10.7. The molecule has 3 heterocycles. The summed E-state index contributed by atoms with van der Waals surface area (Å²) in [5, 5.41) is 5.81. The van der Waals surface area contributed by atoms with Gasteiger partial charge < -0.3 is 9.47 Å². The molecule has 0 aliphatic rings. The maximum Gasteiger partial charge on any atom is 0.213 e. The van der Waals surface area contributed by atoms with Crippen molar-refractivity contribution in [1.29, 1.82) is 0 Å². The van der Waals surface area contributed by atoms with E-state index < -0.39 is 5.95 Å². The molecule has 0 bridgehead atoms. The average molecular weight is 455 g/mol. The van der Waals surface area contributed by atoms with Crippen molar-refractivity contribution in [3.8, 4) is 23.0 Å². The van der Waals surface area contributed by atoms with E-state index in [4.69, 9.17) is 19.6 Å². The van der Waals surface area contributed by atoms with Crippen LogP contribution < -0.4 is 9.47 Å². The molecule has 0 saturated heterocycles. The Balaban J connectivity index is 1.54. The van der Waals surface area contributed by atoms with E-state index in [0.29, 0.717) is 35.9 Å². The maximum absolute atomic E-state index is 13.6. The van der Waals surface area contributed by atoms with Crippen LogP contribution in [0.1, 0.15) is 16.8 Å². The van der Waals surface area contributed by atoms with Gasteiger partial charge in [0.15, 0.2) is 11.6 Å². The summed E-state index contributed by atoms with van der Waals surface area (Å²) in [7, 11) is 3.21. The zero-order valence-electron chi connectivity index (χ0n) is 18.8. The molecule has 0 amide bonds. The molecule has 0 N–H and O–H groups in total. The second-order valence-electron chi connectivity index (χ2n) is 7.74. The van der Waals surface area contributed by atoms with E-state index in [1.165, 1.54) is 12.3 Å². The summed E-state index contributed by atoms with van der Waals surface area (Å²) in [6.07, 6.45) is 3.45. The van der Waals surface area contributed by atoms with Gasteiger partial charge in [-0.05, 0) is 41.5 Å². The predicted molar refractivity (Wildman–Crippen MR) is 126 cm³/mol. The van der Waals surface area contributed by atoms with Gasteiger partial charge in [0.2, 0.25) is 5.95 Å². The van der Waals surface area contributed by atoms with Crippen molar-refractivity contribution in [3.63, 3.8) is 0 Å². The quantitative estimate of drug-likeness (QED) is 0.332. The Bertz CT molecular complexity index is 1450. The number of methoxy groups -OCH3 is 2. The monoisotopic (exact) mass is 455 g/mol. The number of benzene rings is 2. The molecular weight excluding hydrogens is 433 g/mol. The lowest BCUT2D eigenvalue weighted by atomic mass is 10.1. The highest BCUT2D eigenvalue weighted by molar-refractivity contribution is 5.91. The van der Waals surface area contributed by atoms with Crippen molar-refractivity contribution in [3.05, 3.63) is 95.8 Å². The number of hydrogen-bond donors (Lipinski definition) is 0. The fourth-order valence-electron chi connectivity index (χ4n) is 3.88. The molecule has 5 rings (SSSR count). The van der Waals surface area contributed by atoms with Crippen LogP contribution in [0.5, 0.6) is 11.5 Å². The molecule has 8 heteroatoms. The van der Waals surface area contributed by atoms with Crippen molar-refractivity contribution >= 4 is 10.9 Å². The number of aromatic nitrogens is 5. The first-order valence-electron chi connectivity index (χ1n) is 10.7. The van der Waals surface area contributed by atoms with Gasteiger partial charge in [-0.2, -0.15) is 9.49 Å². The molecule has 0 atom stereocenters. The highest BCUT2D eigenvalue weighted by Crippen LogP contribution is 2.29. The largest absolute Gasteiger partial charge is 0.497 e. The van der Waals surface area contributed by atoms with E-state index in [1.54, 1.807) is 26.5 Å². The van der Waals surface area contributed by atoms with Gasteiger partial charge in [-0.15, -0.1) is 0 Å². The van der Waals surface area contributed by atoms with Gasteiger partial charge >= 0.3 is 0 Å². The van der Waals surface area contributed by atoms with Crippen molar-refractivity contribution in [2.75, 3.05) is 14.2 Å². The van der Waals surface area contributed by atoms with Gasteiger partial charge in [0.1, 0.15) is 11.4 Å². The number of pyridine rings is 1. The Morgan fingerprint density at radius 1 is 0.912 bits per heavy atom. The van der Waals surface area contributed by atoms with Crippen molar-refractivity contribution in [1.82, 2.24) is 24.7 Å². The second kappa shape index (κ2) is 9.27. The molecule has 2 aromatic carbocycles. The molecule has 7 nitrogen and oxygen atoms in total. The summed E-state index contributed by atoms with van der Waals surface area (Å²) >= 11 is 0. The molecule has 34 heavy (non-hydrogen) atoms. The first kappa shape index (κ1) is 21.5. The lowest BCUT2D eigenvalue weighted by molar-refractivity contribution is 0.405. The molecule has 0 saturated carbocycles. The second-order valence-corrected chi connectivity index (χ2v) is 7.74. The predicted octanol–water partition coefficient (Wildman–Crippen LogP) is 4.68. The topological polar surface area (TPSA) is 75.0 Å². The minimum Gasteiger partial charge on any atom is -0.497 e. The molecule has 3 aromatic heterocycles. The molecule has 0 fully saturated rings. The number of fused-ring (bicyclic) bond motifs is 1. The molecule has 0 aliphatic carbocycles. The zero-order chi connectivity index (χ0) is 23.5. The maximum atomic E-state index is 13.6. The molecule has 0 spiro atoms. The van der Waals surface area contributed by atoms with Crippen LogP contribution in [0.4, 0.5) is 4.39 Å². The summed E-state index contributed by atoms with van der Waals surface area (Å²) in [6, 6.07) is 19.0. The third-order valence-electron chi connectivity index (χ3n) is 5.57. The van der Waals surface area contributed by atoms with Crippen LogP contribution in [0.3, 0.4) is 0 Å². The Morgan fingerprint density at radius 3 is 2.50 bits per heavy atom. The van der Waals surface area contributed by atoms with E-state index in [0.717, 1.165) is 27.8 Å². The first-order chi connectivity index (χ1) is 16.6. The fourth-order valence-corrected chi connectivity index (χ4v) is 3.88. The van der Waals surface area contributed by atoms with Gasteiger partial charge in [-0.25, -0.2) is 15.0 Å². The van der Waals surface area contributed by atoms with E-state index in [2.05, 4.69) is 9.97 Å². The lowest BCUT2D eigenvalue weighted by Crippen LogP contribution is -2.04. The average Bonchev–Trinajstić information content (AvgIpc) is 3.23. The lowest BCUT2D eigenvalue weighted by Gasteiger charge is -2.09. The third kappa shape index (κ3) is 4.30. The number of hydrogen-bond acceptors (Lipinski definition) is 6. The Hall–Kier alpha value is -4.33. The molecule has 5 aromatic rings. The number of nitrogens with zero attached hydrogens (tertiary/aromatic N) is 5. The van der Waals surface area contributed by atoms with E-state index >= 15 is 0 Å². The fraction of sp³-hybridized carbons (Fsp3) is 0.154. The van der Waals surface area contributed by atoms with Crippen molar-refractivity contribution < 1.29 is 13.9 Å². The van der Waals surface area contributed by atoms with Crippen LogP contribution in [0.25, 0.3) is 22.4 Å². The Kier molecular flexibility index (Phi) is 5.86. The van der Waals surface area contributed by atoms with Gasteiger partial charge in [-0.3, -0.25) is 4.68 Å². The highest BCUT2D eigenvalue weighted by Gasteiger charge is 2.17. The summed E-state index contributed by atoms with van der Waals surface area (Å²) in [5.74, 6) is 1.29. The van der Waals surface area contributed by atoms with Gasteiger partial charge in [0.05, 0.1) is 38.2 Å². The van der Waals surface area contributed by atoms with Gasteiger partial charge in [0, 0.05) is 18.0 Å². The van der Waals surface area contributed by atoms with Crippen LogP contribution >= 0.6 is 0 Å². The smallest absolute Gasteiger partial charge is 0.213 e. The van der Waals surface area contributed by atoms with Crippen LogP contribution in [0.15, 0.2) is 73.1 Å². The number of para-hydroxylation sites is 1. The van der Waals surface area contributed by atoms with Gasteiger partial charge in [0.25, 0.3) is 0 Å². The minimum atomic E-state index is -0.533. The minimum absolute atomic E-state index is 0.378. The molecule has 0 unspecified atom stereocenters. The summed E-state index contributed by atoms with van der Waals surface area (Å²) < 4.78 is 26.3. The number of rotatable bonds is 7. The van der Waals surface area contributed by atoms with Crippen molar-refractivity contribution in [2.24, 2.45) is 0 Å². The van der Waals surface area contributed by atoms with Crippen LogP contribution in [-0.4, -0.2) is 39.0 Å². The molecule has 170 valence electrons. The SMILES string of the molecule is COc1ccc(Cn2nc(-c3ncc(OC)c(Cc4ccnc(F)c4)n3)c3ccccc32)cc1. The molecular formula is C26H22FN5O2. The standard InChI is InChI=1S/C26H22FN5O2/c1-33-19-9-7-17(8-10-19)16-32-22-6-4-3-5-20(22)25(31-32)26-29-15-23(34-2)21(30-26)13-18-11-12-28-24(27)14-18/h3-12,14-15H,13,16H2,1-2H3. The molecule has 0 radical (unpaired) electrons. The van der Waals surface area contributed by atoms with E-state index in [1.807, 2.05) is 53.2 Å². The highest BCUT2D eigenvalue weighted by atomic mass is 19.1. The van der Waals surface area contributed by atoms with E-state index in [-0.39, 0.29) is 0 Å². The normalized spacial score (nSPS) is 11.0. The zero-order valence-corrected chi connectivity index (χ0v) is 18.8. The molecule has 0 aliphatic heterocycles. The van der Waals surface area contributed by atoms with Crippen LogP contribution in [-0.2, 0) is 13.0 Å². The number of ether oxygens (including phenoxy) is 2. The van der Waals surface area contributed by atoms with Crippen LogP contribution in [0.2, 0.25) is 0 Å². The Morgan fingerprint density at radius 2 is 1.74 bits per heavy atom. The summed E-state index contributed by atoms with van der Waals surface area (Å²) in [6.45, 7) is 0.587. The van der Waals surface area contributed by atoms with E-state index in [9.17, 15) is 4.39 Å². The third-order valence-corrected chi connectivity index (χ3v) is 5.57. The van der Waals surface area contributed by atoms with Crippen LogP contribution in [0, 0.1) is 5.95 Å². The summed E-state index contributed by atoms with van der Waals surface area (Å²) in [5.41, 5.74) is 4.13. The number of halogens is 1. The Labute approximate surface area is 195 Å². The van der Waals surface area contributed by atoms with Gasteiger partial charge in [-0.1, -0.05) is 30.3 Å².